The number of carbonyl (C=O) groups excluding carboxylic acids is 1. The summed E-state index contributed by atoms with van der Waals surface area (Å²) in [5, 5.41) is 0. The summed E-state index contributed by atoms with van der Waals surface area (Å²) in [4.78, 5) is 12.9. The van der Waals surface area contributed by atoms with Crippen molar-refractivity contribution >= 4 is 5.97 Å². The summed E-state index contributed by atoms with van der Waals surface area (Å²) in [5.41, 5.74) is 0.546. The number of ether oxygens (including phenoxy) is 1. The molecule has 0 spiro atoms. The second kappa shape index (κ2) is 5.41. The van der Waals surface area contributed by atoms with Crippen molar-refractivity contribution in [1.82, 2.24) is 4.90 Å². The van der Waals surface area contributed by atoms with Gasteiger partial charge in [0.1, 0.15) is 0 Å². The number of rotatable bonds is 3. The number of hydrogen-bond donors (Lipinski definition) is 0. The molecule has 0 rings (SSSR count). The lowest BCUT2D eigenvalue weighted by Gasteiger charge is -2.06. The van der Waals surface area contributed by atoms with E-state index in [1.165, 1.54) is 7.11 Å². The molecule has 0 radical (unpaired) electrons. The zero-order valence-electron chi connectivity index (χ0n) is 8.00. The van der Waals surface area contributed by atoms with Gasteiger partial charge < -0.3 is 9.64 Å². The Morgan fingerprint density at radius 1 is 1.42 bits per heavy atom. The number of allylic oxidation sites excluding steroid dienone is 1. The molecule has 0 saturated carbocycles. The maximum atomic E-state index is 11.1. The van der Waals surface area contributed by atoms with Crippen molar-refractivity contribution in [3.05, 3.63) is 23.9 Å². The molecule has 0 aromatic heterocycles. The van der Waals surface area contributed by atoms with E-state index in [2.05, 4.69) is 4.74 Å². The molecule has 3 nitrogen and oxygen atoms in total. The summed E-state index contributed by atoms with van der Waals surface area (Å²) in [6.45, 7) is 1.85. The highest BCUT2D eigenvalue weighted by Gasteiger charge is 2.04. The molecule has 0 aromatic carbocycles. The lowest BCUT2D eigenvalue weighted by atomic mass is 10.2. The Kier molecular flexibility index (Phi) is 4.84. The molecule has 3 heteroatoms. The van der Waals surface area contributed by atoms with Gasteiger partial charge in [-0.05, 0) is 6.92 Å². The summed E-state index contributed by atoms with van der Waals surface area (Å²) in [7, 11) is 5.08. The molecule has 0 N–H and O–H groups in total. The highest BCUT2D eigenvalue weighted by molar-refractivity contribution is 5.91. The maximum Gasteiger partial charge on any atom is 0.339 e. The first kappa shape index (κ1) is 10.8. The van der Waals surface area contributed by atoms with Crippen LogP contribution in [-0.2, 0) is 9.53 Å². The normalized spacial score (nSPS) is 11.8. The van der Waals surface area contributed by atoms with Crippen LogP contribution in [0.1, 0.15) is 6.92 Å². The van der Waals surface area contributed by atoms with Gasteiger partial charge >= 0.3 is 5.97 Å². The van der Waals surface area contributed by atoms with Crippen molar-refractivity contribution in [1.29, 1.82) is 0 Å². The fourth-order valence-corrected chi connectivity index (χ4v) is 0.739. The first-order valence-corrected chi connectivity index (χ1v) is 3.71. The maximum absolute atomic E-state index is 11.1. The third kappa shape index (κ3) is 3.81. The smallest absolute Gasteiger partial charge is 0.339 e. The van der Waals surface area contributed by atoms with Crippen LogP contribution in [0, 0.1) is 0 Å². The molecule has 0 aliphatic heterocycles. The summed E-state index contributed by atoms with van der Waals surface area (Å²) in [6, 6.07) is 0. The molecule has 0 atom stereocenters. The van der Waals surface area contributed by atoms with Crippen LogP contribution in [0.15, 0.2) is 23.9 Å². The van der Waals surface area contributed by atoms with Gasteiger partial charge in [0.25, 0.3) is 0 Å². The van der Waals surface area contributed by atoms with Gasteiger partial charge in [0, 0.05) is 20.3 Å². The van der Waals surface area contributed by atoms with E-state index in [0.717, 1.165) is 0 Å². The van der Waals surface area contributed by atoms with Crippen molar-refractivity contribution in [3.63, 3.8) is 0 Å². The topological polar surface area (TPSA) is 29.5 Å². The summed E-state index contributed by atoms with van der Waals surface area (Å²) in [5.74, 6) is -0.318. The Labute approximate surface area is 73.3 Å². The molecule has 0 aliphatic carbocycles. The SMILES string of the molecule is CC=CC(=CN(C)C)C(=O)OC. The number of esters is 1. The van der Waals surface area contributed by atoms with E-state index in [9.17, 15) is 4.79 Å². The minimum Gasteiger partial charge on any atom is -0.465 e. The van der Waals surface area contributed by atoms with E-state index in [4.69, 9.17) is 0 Å². The van der Waals surface area contributed by atoms with Crippen LogP contribution in [0.2, 0.25) is 0 Å². The van der Waals surface area contributed by atoms with Crippen LogP contribution >= 0.6 is 0 Å². The predicted octanol–water partition coefficient (Wildman–Crippen LogP) is 1.18. The molecule has 0 unspecified atom stereocenters. The van der Waals surface area contributed by atoms with Crippen LogP contribution in [0.4, 0.5) is 0 Å². The Morgan fingerprint density at radius 2 is 2.00 bits per heavy atom. The van der Waals surface area contributed by atoms with E-state index in [1.54, 1.807) is 23.3 Å². The van der Waals surface area contributed by atoms with Crippen molar-refractivity contribution in [3.8, 4) is 0 Å². The Bertz CT molecular complexity index is 205. The number of carbonyl (C=O) groups is 1. The molecule has 0 amide bonds. The van der Waals surface area contributed by atoms with Gasteiger partial charge in [0.15, 0.2) is 0 Å². The zero-order chi connectivity index (χ0) is 9.56. The van der Waals surface area contributed by atoms with Crippen LogP contribution in [0.25, 0.3) is 0 Å². The average molecular weight is 169 g/mol. The second-order valence-corrected chi connectivity index (χ2v) is 2.54. The molecule has 0 saturated heterocycles. The quantitative estimate of drug-likeness (QED) is 0.361. The molecule has 0 aliphatic rings. The van der Waals surface area contributed by atoms with Gasteiger partial charge in [-0.2, -0.15) is 0 Å². The van der Waals surface area contributed by atoms with Gasteiger partial charge in [0.05, 0.1) is 12.7 Å². The van der Waals surface area contributed by atoms with Crippen molar-refractivity contribution < 1.29 is 9.53 Å². The van der Waals surface area contributed by atoms with Gasteiger partial charge in [-0.15, -0.1) is 0 Å². The average Bonchev–Trinajstić information content (AvgIpc) is 2.01. The van der Waals surface area contributed by atoms with Gasteiger partial charge in [-0.1, -0.05) is 12.2 Å². The largest absolute Gasteiger partial charge is 0.465 e. The predicted molar refractivity (Wildman–Crippen MR) is 48.6 cm³/mol. The minimum absolute atomic E-state index is 0.318. The number of methoxy groups -OCH3 is 1. The van der Waals surface area contributed by atoms with E-state index in [0.29, 0.717) is 5.57 Å². The van der Waals surface area contributed by atoms with Crippen LogP contribution < -0.4 is 0 Å². The summed E-state index contributed by atoms with van der Waals surface area (Å²) < 4.78 is 4.58. The fraction of sp³-hybridized carbons (Fsp3) is 0.444. The van der Waals surface area contributed by atoms with Gasteiger partial charge in [-0.25, -0.2) is 4.79 Å². The molecule has 12 heavy (non-hydrogen) atoms. The lowest BCUT2D eigenvalue weighted by Crippen LogP contribution is -2.09. The molecule has 0 bridgehead atoms. The molecule has 68 valence electrons. The van der Waals surface area contributed by atoms with E-state index in [1.807, 2.05) is 21.0 Å². The first-order chi connectivity index (χ1) is 5.61. The fourth-order valence-electron chi connectivity index (χ4n) is 0.739. The van der Waals surface area contributed by atoms with E-state index in [-0.39, 0.29) is 5.97 Å². The molecule has 0 fully saturated rings. The zero-order valence-corrected chi connectivity index (χ0v) is 8.00. The van der Waals surface area contributed by atoms with Crippen LogP contribution in [0.3, 0.4) is 0 Å². The highest BCUT2D eigenvalue weighted by atomic mass is 16.5. The number of hydrogen-bond acceptors (Lipinski definition) is 3. The molecule has 0 heterocycles. The van der Waals surface area contributed by atoms with Gasteiger partial charge in [-0.3, -0.25) is 0 Å². The van der Waals surface area contributed by atoms with Crippen molar-refractivity contribution in [2.75, 3.05) is 21.2 Å². The lowest BCUT2D eigenvalue weighted by molar-refractivity contribution is -0.135. The second-order valence-electron chi connectivity index (χ2n) is 2.54. The molecular formula is C9H15NO2. The molecule has 0 aromatic rings. The third-order valence-electron chi connectivity index (χ3n) is 1.16. The third-order valence-corrected chi connectivity index (χ3v) is 1.16. The summed E-state index contributed by atoms with van der Waals surface area (Å²) in [6.07, 6.45) is 5.23. The van der Waals surface area contributed by atoms with E-state index >= 15 is 0 Å². The van der Waals surface area contributed by atoms with Crippen LogP contribution in [-0.4, -0.2) is 32.1 Å². The standard InChI is InChI=1S/C9H15NO2/c1-5-6-8(7-10(2)3)9(11)12-4/h5-7H,1-4H3. The monoisotopic (exact) mass is 169 g/mol. The highest BCUT2D eigenvalue weighted by Crippen LogP contribution is 2.00. The van der Waals surface area contributed by atoms with E-state index < -0.39 is 0 Å². The van der Waals surface area contributed by atoms with Crippen LogP contribution in [0.5, 0.6) is 0 Å². The Hall–Kier alpha value is -1.25. The summed E-state index contributed by atoms with van der Waals surface area (Å²) >= 11 is 0. The molecular weight excluding hydrogens is 154 g/mol. The minimum atomic E-state index is -0.318. The number of nitrogens with zero attached hydrogens (tertiary/aromatic N) is 1. The Morgan fingerprint density at radius 3 is 2.33 bits per heavy atom. The first-order valence-electron chi connectivity index (χ1n) is 3.71. The van der Waals surface area contributed by atoms with Crippen molar-refractivity contribution in [2.45, 2.75) is 6.92 Å². The van der Waals surface area contributed by atoms with Crippen molar-refractivity contribution in [2.24, 2.45) is 0 Å². The van der Waals surface area contributed by atoms with Gasteiger partial charge in [0.2, 0.25) is 0 Å². The Balaban J connectivity index is 4.54.